The lowest BCUT2D eigenvalue weighted by Crippen LogP contribution is -2.52. The van der Waals surface area contributed by atoms with Gasteiger partial charge in [0, 0.05) is 45.0 Å². The number of nitrogens with one attached hydrogen (secondary N) is 2. The van der Waals surface area contributed by atoms with Gasteiger partial charge in [-0.15, -0.1) is 24.0 Å². The molecule has 168 valence electrons. The van der Waals surface area contributed by atoms with E-state index < -0.39 is 0 Å². The number of nitrogens with zero attached hydrogens (tertiary/aromatic N) is 3. The number of para-hydroxylation sites is 1. The summed E-state index contributed by atoms with van der Waals surface area (Å²) in [6, 6.07) is 11.4. The summed E-state index contributed by atoms with van der Waals surface area (Å²) in [5.41, 5.74) is 1.30. The van der Waals surface area contributed by atoms with Gasteiger partial charge in [-0.05, 0) is 43.7 Å². The second kappa shape index (κ2) is 12.4. The first-order chi connectivity index (χ1) is 14.0. The number of guanidine groups is 1. The molecule has 2 aliphatic rings. The molecule has 1 aromatic rings. The fourth-order valence-electron chi connectivity index (χ4n) is 4.24. The van der Waals surface area contributed by atoms with Crippen LogP contribution in [0.2, 0.25) is 0 Å². The maximum Gasteiger partial charge on any atom is 0.243 e. The Kier molecular flexibility index (Phi) is 10.2. The van der Waals surface area contributed by atoms with Crippen molar-refractivity contribution in [2.45, 2.75) is 57.5 Å². The number of carbonyl (C=O) groups is 1. The Hall–Kier alpha value is -1.51. The molecule has 2 N–H and O–H groups in total. The Morgan fingerprint density at radius 3 is 2.37 bits per heavy atom. The first-order valence-corrected chi connectivity index (χ1v) is 11.1. The molecule has 2 atom stereocenters. The third-order valence-corrected chi connectivity index (χ3v) is 6.26. The number of piperidine rings is 1. The highest BCUT2D eigenvalue weighted by molar-refractivity contribution is 14.0. The molecular weight excluding hydrogens is 489 g/mol. The van der Waals surface area contributed by atoms with Crippen molar-refractivity contribution < 1.29 is 4.79 Å². The van der Waals surface area contributed by atoms with Crippen LogP contribution >= 0.6 is 24.0 Å². The summed E-state index contributed by atoms with van der Waals surface area (Å²) in [6.45, 7) is 4.57. The van der Waals surface area contributed by atoms with Crippen molar-refractivity contribution >= 4 is 41.5 Å². The predicted molar refractivity (Wildman–Crippen MR) is 136 cm³/mol. The normalized spacial score (nSPS) is 22.8. The summed E-state index contributed by atoms with van der Waals surface area (Å²) in [7, 11) is 3.56. The van der Waals surface area contributed by atoms with E-state index in [2.05, 4.69) is 57.8 Å². The third-order valence-electron chi connectivity index (χ3n) is 6.26. The number of carbonyl (C=O) groups excluding carboxylic acids is 1. The van der Waals surface area contributed by atoms with Crippen LogP contribution in [0.5, 0.6) is 0 Å². The number of likely N-dealkylation sites (N-methyl/N-ethyl adjacent to an activating group) is 1. The van der Waals surface area contributed by atoms with Crippen LogP contribution in [0, 0.1) is 5.92 Å². The van der Waals surface area contributed by atoms with Crippen LogP contribution in [-0.2, 0) is 4.79 Å². The lowest BCUT2D eigenvalue weighted by molar-refractivity contribution is -0.127. The molecule has 1 aliphatic heterocycles. The van der Waals surface area contributed by atoms with Crippen molar-refractivity contribution in [3.63, 3.8) is 0 Å². The first-order valence-electron chi connectivity index (χ1n) is 11.1. The number of rotatable bonds is 5. The smallest absolute Gasteiger partial charge is 0.243 e. The molecule has 0 radical (unpaired) electrons. The summed E-state index contributed by atoms with van der Waals surface area (Å²) in [6.07, 6.45) is 7.15. The van der Waals surface area contributed by atoms with E-state index in [9.17, 15) is 4.79 Å². The van der Waals surface area contributed by atoms with Gasteiger partial charge < -0.3 is 20.4 Å². The van der Waals surface area contributed by atoms with E-state index in [0.29, 0.717) is 18.0 Å². The molecule has 3 rings (SSSR count). The largest absolute Gasteiger partial charge is 0.371 e. The minimum absolute atomic E-state index is 0. The number of benzene rings is 1. The molecule has 1 saturated carbocycles. The second-order valence-electron chi connectivity index (χ2n) is 8.71. The zero-order chi connectivity index (χ0) is 20.6. The molecule has 0 bridgehead atoms. The predicted octanol–water partition coefficient (Wildman–Crippen LogP) is 3.48. The third kappa shape index (κ3) is 7.32. The maximum absolute atomic E-state index is 12.1. The van der Waals surface area contributed by atoms with Crippen molar-refractivity contribution in [2.75, 3.05) is 38.6 Å². The van der Waals surface area contributed by atoms with Crippen molar-refractivity contribution in [3.05, 3.63) is 30.3 Å². The quantitative estimate of drug-likeness (QED) is 0.350. The topological polar surface area (TPSA) is 60.0 Å². The fraction of sp³-hybridized carbons (Fsp3) is 0.652. The van der Waals surface area contributed by atoms with Gasteiger partial charge in [0.1, 0.15) is 6.54 Å². The zero-order valence-electron chi connectivity index (χ0n) is 18.6. The Bertz CT molecular complexity index is 673. The zero-order valence-corrected chi connectivity index (χ0v) is 21.0. The lowest BCUT2D eigenvalue weighted by atomic mass is 9.86. The number of aliphatic imine (C=N–C) groups is 1. The molecular formula is C23H38IN5O. The van der Waals surface area contributed by atoms with Gasteiger partial charge in [0.05, 0.1) is 0 Å². The van der Waals surface area contributed by atoms with Crippen LogP contribution in [0.1, 0.15) is 45.4 Å². The molecule has 1 aromatic carbocycles. The van der Waals surface area contributed by atoms with Gasteiger partial charge in [-0.25, -0.2) is 4.99 Å². The van der Waals surface area contributed by atoms with Gasteiger partial charge in [0.2, 0.25) is 5.91 Å². The Morgan fingerprint density at radius 1 is 1.07 bits per heavy atom. The highest BCUT2D eigenvalue weighted by atomic mass is 127. The number of anilines is 1. The molecule has 0 aromatic heterocycles. The van der Waals surface area contributed by atoms with Crippen LogP contribution in [0.25, 0.3) is 0 Å². The summed E-state index contributed by atoms with van der Waals surface area (Å²) >= 11 is 0. The molecule has 0 spiro atoms. The first kappa shape index (κ1) is 24.8. The highest BCUT2D eigenvalue weighted by Crippen LogP contribution is 2.24. The van der Waals surface area contributed by atoms with Gasteiger partial charge in [-0.1, -0.05) is 38.0 Å². The molecule has 2 unspecified atom stereocenters. The molecule has 1 amide bonds. The monoisotopic (exact) mass is 527 g/mol. The molecule has 7 heteroatoms. The van der Waals surface area contributed by atoms with E-state index in [1.54, 1.807) is 19.0 Å². The number of halogens is 1. The summed E-state index contributed by atoms with van der Waals surface area (Å²) in [4.78, 5) is 20.7. The summed E-state index contributed by atoms with van der Waals surface area (Å²) in [5, 5.41) is 7.28. The van der Waals surface area contributed by atoms with Crippen LogP contribution in [0.15, 0.2) is 35.3 Å². The Balaban J connectivity index is 0.00000320. The molecule has 6 nitrogen and oxygen atoms in total. The van der Waals surface area contributed by atoms with E-state index in [-0.39, 0.29) is 36.4 Å². The average Bonchev–Trinajstić information content (AvgIpc) is 2.74. The lowest BCUT2D eigenvalue weighted by Gasteiger charge is -2.36. The van der Waals surface area contributed by atoms with Crippen molar-refractivity contribution in [1.29, 1.82) is 0 Å². The van der Waals surface area contributed by atoms with Crippen LogP contribution in [-0.4, -0.2) is 62.6 Å². The average molecular weight is 527 g/mol. The van der Waals surface area contributed by atoms with E-state index in [0.717, 1.165) is 31.9 Å². The fourth-order valence-corrected chi connectivity index (χ4v) is 4.24. The van der Waals surface area contributed by atoms with Crippen molar-refractivity contribution in [2.24, 2.45) is 10.9 Å². The molecule has 1 heterocycles. The summed E-state index contributed by atoms with van der Waals surface area (Å²) < 4.78 is 0. The van der Waals surface area contributed by atoms with Crippen LogP contribution < -0.4 is 15.5 Å². The van der Waals surface area contributed by atoms with Gasteiger partial charge in [-0.2, -0.15) is 0 Å². The van der Waals surface area contributed by atoms with E-state index in [1.807, 2.05) is 0 Å². The van der Waals surface area contributed by atoms with Crippen LogP contribution in [0.3, 0.4) is 0 Å². The van der Waals surface area contributed by atoms with E-state index >= 15 is 0 Å². The second-order valence-corrected chi connectivity index (χ2v) is 8.71. The SMILES string of the molecule is CC1CCCCC1NC(=NCC(=O)N(C)C)NC1CCN(c2ccccc2)CC1.I. The van der Waals surface area contributed by atoms with Gasteiger partial charge in [0.25, 0.3) is 0 Å². The molecule has 30 heavy (non-hydrogen) atoms. The Morgan fingerprint density at radius 2 is 1.73 bits per heavy atom. The highest BCUT2D eigenvalue weighted by Gasteiger charge is 2.25. The minimum Gasteiger partial charge on any atom is -0.371 e. The van der Waals surface area contributed by atoms with Crippen molar-refractivity contribution in [1.82, 2.24) is 15.5 Å². The minimum atomic E-state index is 0. The van der Waals surface area contributed by atoms with E-state index in [1.165, 1.54) is 31.4 Å². The molecule has 1 aliphatic carbocycles. The molecule has 1 saturated heterocycles. The maximum atomic E-state index is 12.1. The number of amides is 1. The van der Waals surface area contributed by atoms with Gasteiger partial charge >= 0.3 is 0 Å². The van der Waals surface area contributed by atoms with Gasteiger partial charge in [0.15, 0.2) is 5.96 Å². The number of hydrogen-bond acceptors (Lipinski definition) is 3. The van der Waals surface area contributed by atoms with Crippen molar-refractivity contribution in [3.8, 4) is 0 Å². The standard InChI is InChI=1S/C23H37N5O.HI/c1-18-9-7-8-12-21(18)26-23(24-17-22(29)27(2)3)25-19-13-15-28(16-14-19)20-10-5-4-6-11-20;/h4-6,10-11,18-19,21H,7-9,12-17H2,1-3H3,(H2,24,25,26);1H. The van der Waals surface area contributed by atoms with E-state index in [4.69, 9.17) is 0 Å². The Labute approximate surface area is 198 Å². The number of hydrogen-bond donors (Lipinski definition) is 2. The van der Waals surface area contributed by atoms with Crippen LogP contribution in [0.4, 0.5) is 5.69 Å². The van der Waals surface area contributed by atoms with Gasteiger partial charge in [-0.3, -0.25) is 4.79 Å². The summed E-state index contributed by atoms with van der Waals surface area (Å²) in [5.74, 6) is 1.47. The molecule has 2 fully saturated rings.